The Balaban J connectivity index is 1.55. The third-order valence-corrected chi connectivity index (χ3v) is 5.34. The molecule has 0 bridgehead atoms. The maximum Gasteiger partial charge on any atom is 0.304 e. The Kier molecular flexibility index (Phi) is 5.22. The Bertz CT molecular complexity index is 831. The molecule has 5 N–H and O–H groups in total. The Morgan fingerprint density at radius 3 is 2.65 bits per heavy atom. The van der Waals surface area contributed by atoms with Crippen molar-refractivity contribution in [3.05, 3.63) is 41.3 Å². The summed E-state index contributed by atoms with van der Waals surface area (Å²) in [6.07, 6.45) is 0.312. The first-order valence-corrected chi connectivity index (χ1v) is 8.93. The van der Waals surface area contributed by atoms with Gasteiger partial charge in [0.1, 0.15) is 18.2 Å². The summed E-state index contributed by atoms with van der Waals surface area (Å²) in [5.41, 5.74) is 6.49. The van der Waals surface area contributed by atoms with Gasteiger partial charge < -0.3 is 20.9 Å². The highest BCUT2D eigenvalue weighted by atomic mass is 32.1. The number of carbonyl (C=O) groups is 2. The van der Waals surface area contributed by atoms with Gasteiger partial charge in [0.25, 0.3) is 0 Å². The number of hydrogen-bond acceptors (Lipinski definition) is 5. The van der Waals surface area contributed by atoms with Gasteiger partial charge in [0.2, 0.25) is 5.91 Å². The van der Waals surface area contributed by atoms with Gasteiger partial charge in [-0.2, -0.15) is 0 Å². The van der Waals surface area contributed by atoms with Gasteiger partial charge in [0, 0.05) is 4.88 Å². The molecule has 0 spiro atoms. The highest BCUT2D eigenvalue weighted by Gasteiger charge is 2.33. The number of rotatable bonds is 7. The van der Waals surface area contributed by atoms with Crippen LogP contribution in [0.15, 0.2) is 36.4 Å². The minimum absolute atomic E-state index is 0.0565. The molecule has 8 heteroatoms. The molecular weight excluding hydrogens is 354 g/mol. The summed E-state index contributed by atoms with van der Waals surface area (Å²) in [4.78, 5) is 24.2. The summed E-state index contributed by atoms with van der Waals surface area (Å²) in [7, 11) is 0. The predicted octanol–water partition coefficient (Wildman–Crippen LogP) is 2.06. The van der Waals surface area contributed by atoms with Crippen LogP contribution >= 0.6 is 11.3 Å². The van der Waals surface area contributed by atoms with Gasteiger partial charge in [-0.1, -0.05) is 0 Å². The molecular formula is C18H19N3O4S. The number of aliphatic carboxylic acids is 1. The first-order valence-electron chi connectivity index (χ1n) is 8.12. The first kappa shape index (κ1) is 17.9. The van der Waals surface area contributed by atoms with Crippen molar-refractivity contribution in [2.24, 2.45) is 11.7 Å². The Labute approximate surface area is 154 Å². The van der Waals surface area contributed by atoms with Crippen LogP contribution in [0.3, 0.4) is 0 Å². The molecule has 2 heterocycles. The zero-order valence-corrected chi connectivity index (χ0v) is 14.7. The Hall–Kier alpha value is -2.87. The molecule has 26 heavy (non-hydrogen) atoms. The van der Waals surface area contributed by atoms with E-state index in [4.69, 9.17) is 21.0 Å². The summed E-state index contributed by atoms with van der Waals surface area (Å²) in [6.45, 7) is 0.300. The zero-order chi connectivity index (χ0) is 18.7. The fraction of sp³-hybridized carbons (Fsp3) is 0.278. The summed E-state index contributed by atoms with van der Waals surface area (Å²) >= 11 is 1.45. The van der Waals surface area contributed by atoms with Crippen LogP contribution < -0.4 is 15.8 Å². The highest BCUT2D eigenvalue weighted by molar-refractivity contribution is 7.17. The number of nitrogens with one attached hydrogen (secondary N) is 2. The van der Waals surface area contributed by atoms with Crippen molar-refractivity contribution in [2.45, 2.75) is 18.9 Å². The van der Waals surface area contributed by atoms with Crippen LogP contribution in [0.4, 0.5) is 0 Å². The largest absolute Gasteiger partial charge is 0.491 e. The lowest BCUT2D eigenvalue weighted by molar-refractivity contribution is -0.140. The van der Waals surface area contributed by atoms with Crippen molar-refractivity contribution in [2.75, 3.05) is 6.61 Å². The number of thiophene rings is 1. The normalized spacial score (nSPS) is 19.2. The van der Waals surface area contributed by atoms with Crippen molar-refractivity contribution < 1.29 is 19.4 Å². The molecule has 1 amide bonds. The smallest absolute Gasteiger partial charge is 0.304 e. The molecule has 1 aromatic heterocycles. The predicted molar refractivity (Wildman–Crippen MR) is 98.6 cm³/mol. The standard InChI is InChI=1S/C18H19N3O4S/c19-17(20)15-6-5-14(26-15)10-1-3-13(4-2-10)25-9-12-7-11(8-16(22)23)18(24)21-12/h1-6,11-12H,7-9H2,(H3,19,20)(H,21,24)(H,22,23)/t11-,12-/m0/s1. The van der Waals surface area contributed by atoms with Crippen LogP contribution in [0.1, 0.15) is 17.7 Å². The molecule has 2 aromatic rings. The summed E-state index contributed by atoms with van der Waals surface area (Å²) in [6, 6.07) is 11.1. The number of hydrogen-bond donors (Lipinski definition) is 4. The van der Waals surface area contributed by atoms with Crippen LogP contribution in [0.2, 0.25) is 0 Å². The average molecular weight is 373 g/mol. The van der Waals surface area contributed by atoms with Crippen molar-refractivity contribution in [3.63, 3.8) is 0 Å². The Morgan fingerprint density at radius 1 is 1.31 bits per heavy atom. The van der Waals surface area contributed by atoms with Gasteiger partial charge in [-0.15, -0.1) is 11.3 Å². The lowest BCUT2D eigenvalue weighted by Crippen LogP contribution is -2.31. The average Bonchev–Trinajstić information content (AvgIpc) is 3.21. The fourth-order valence-electron chi connectivity index (χ4n) is 2.87. The van der Waals surface area contributed by atoms with Crippen molar-refractivity contribution >= 4 is 29.0 Å². The third-order valence-electron chi connectivity index (χ3n) is 4.17. The lowest BCUT2D eigenvalue weighted by atomic mass is 10.0. The van der Waals surface area contributed by atoms with Crippen LogP contribution in [-0.4, -0.2) is 35.5 Å². The molecule has 0 aliphatic carbocycles. The fourth-order valence-corrected chi connectivity index (χ4v) is 3.75. The van der Waals surface area contributed by atoms with E-state index in [0.29, 0.717) is 18.8 Å². The van der Waals surface area contributed by atoms with E-state index in [1.54, 1.807) is 0 Å². The second-order valence-electron chi connectivity index (χ2n) is 6.15. The van der Waals surface area contributed by atoms with Crippen LogP contribution in [0.25, 0.3) is 10.4 Å². The number of nitrogens with two attached hydrogens (primary N) is 1. The molecule has 0 saturated carbocycles. The van der Waals surface area contributed by atoms with E-state index in [-0.39, 0.29) is 24.2 Å². The molecule has 1 aliphatic rings. The van der Waals surface area contributed by atoms with Gasteiger partial charge in [-0.05, 0) is 48.4 Å². The molecule has 0 unspecified atom stereocenters. The first-order chi connectivity index (χ1) is 12.4. The molecule has 2 atom stereocenters. The minimum Gasteiger partial charge on any atom is -0.491 e. The van der Waals surface area contributed by atoms with E-state index < -0.39 is 11.9 Å². The van der Waals surface area contributed by atoms with Crippen molar-refractivity contribution in [1.82, 2.24) is 5.32 Å². The molecule has 1 aromatic carbocycles. The van der Waals surface area contributed by atoms with Gasteiger partial charge in [0.15, 0.2) is 0 Å². The molecule has 7 nitrogen and oxygen atoms in total. The highest BCUT2D eigenvalue weighted by Crippen LogP contribution is 2.29. The quantitative estimate of drug-likeness (QED) is 0.437. The van der Waals surface area contributed by atoms with Crippen molar-refractivity contribution in [1.29, 1.82) is 5.41 Å². The minimum atomic E-state index is -0.969. The molecule has 3 rings (SSSR count). The van der Waals surface area contributed by atoms with Gasteiger partial charge >= 0.3 is 5.97 Å². The number of carboxylic acid groups (broad SMARTS) is 1. The summed E-state index contributed by atoms with van der Waals surface area (Å²) < 4.78 is 5.71. The van der Waals surface area contributed by atoms with E-state index in [2.05, 4.69) is 5.32 Å². The molecule has 1 saturated heterocycles. The number of carboxylic acids is 1. The maximum absolute atomic E-state index is 11.7. The van der Waals surface area contributed by atoms with Crippen LogP contribution in [0, 0.1) is 11.3 Å². The van der Waals surface area contributed by atoms with E-state index in [1.807, 2.05) is 36.4 Å². The lowest BCUT2D eigenvalue weighted by Gasteiger charge is -2.12. The SMILES string of the molecule is N=C(N)c1ccc(-c2ccc(OC[C@@H]3C[C@@H](CC(=O)O)C(=O)N3)cc2)s1. The second kappa shape index (κ2) is 7.57. The van der Waals surface area contributed by atoms with Gasteiger partial charge in [-0.3, -0.25) is 15.0 Å². The number of amidine groups is 1. The van der Waals surface area contributed by atoms with Gasteiger partial charge in [0.05, 0.1) is 23.3 Å². The number of nitrogen functional groups attached to an aromatic ring is 1. The number of amides is 1. The van der Waals surface area contributed by atoms with Crippen molar-refractivity contribution in [3.8, 4) is 16.2 Å². The van der Waals surface area contributed by atoms with Gasteiger partial charge in [-0.25, -0.2) is 0 Å². The molecule has 1 aliphatic heterocycles. The van der Waals surface area contributed by atoms with E-state index >= 15 is 0 Å². The number of benzene rings is 1. The summed E-state index contributed by atoms with van der Waals surface area (Å²) in [5.74, 6) is -0.953. The van der Waals surface area contributed by atoms with Crippen LogP contribution in [-0.2, 0) is 9.59 Å². The molecule has 136 valence electrons. The van der Waals surface area contributed by atoms with E-state index in [1.165, 1.54) is 11.3 Å². The van der Waals surface area contributed by atoms with E-state index in [0.717, 1.165) is 15.3 Å². The number of carbonyl (C=O) groups excluding carboxylic acids is 1. The third kappa shape index (κ3) is 4.20. The van der Waals surface area contributed by atoms with Crippen LogP contribution in [0.5, 0.6) is 5.75 Å². The molecule has 0 radical (unpaired) electrons. The monoisotopic (exact) mass is 373 g/mol. The zero-order valence-electron chi connectivity index (χ0n) is 13.9. The second-order valence-corrected chi connectivity index (χ2v) is 7.23. The topological polar surface area (TPSA) is 126 Å². The maximum atomic E-state index is 11.7. The van der Waals surface area contributed by atoms with E-state index in [9.17, 15) is 9.59 Å². The Morgan fingerprint density at radius 2 is 2.04 bits per heavy atom. The summed E-state index contributed by atoms with van der Waals surface area (Å²) in [5, 5.41) is 19.0. The number of ether oxygens (including phenoxy) is 1. The molecule has 1 fully saturated rings.